The number of aromatic nitrogens is 3. The van der Waals surface area contributed by atoms with Crippen molar-refractivity contribution < 1.29 is 9.59 Å². The van der Waals surface area contributed by atoms with Gasteiger partial charge in [0.25, 0.3) is 0 Å². The van der Waals surface area contributed by atoms with Crippen LogP contribution in [0.3, 0.4) is 0 Å². The molecule has 3 heterocycles. The van der Waals surface area contributed by atoms with E-state index >= 15 is 0 Å². The molecule has 2 aromatic rings. The zero-order valence-electron chi connectivity index (χ0n) is 10.9. The summed E-state index contributed by atoms with van der Waals surface area (Å²) < 4.78 is 1.90. The summed E-state index contributed by atoms with van der Waals surface area (Å²) in [6.07, 6.45) is 2.77. The fourth-order valence-electron chi connectivity index (χ4n) is 2.29. The maximum Gasteiger partial charge on any atom is 0.225 e. The quantitative estimate of drug-likeness (QED) is 0.788. The van der Waals surface area contributed by atoms with Crippen molar-refractivity contribution in [1.82, 2.24) is 25.2 Å². The van der Waals surface area contributed by atoms with Gasteiger partial charge in [-0.1, -0.05) is 6.07 Å². The Kier molecular flexibility index (Phi) is 3.32. The molecular formula is C13H15N5O2. The Bertz CT molecular complexity index is 651. The van der Waals surface area contributed by atoms with Gasteiger partial charge in [-0.25, -0.2) is 0 Å². The van der Waals surface area contributed by atoms with Crippen LogP contribution in [0, 0.1) is 5.92 Å². The van der Waals surface area contributed by atoms with E-state index in [9.17, 15) is 9.59 Å². The van der Waals surface area contributed by atoms with Crippen LogP contribution in [0.5, 0.6) is 0 Å². The molecule has 1 atom stereocenters. The van der Waals surface area contributed by atoms with Crippen LogP contribution in [0.1, 0.15) is 12.2 Å². The smallest absolute Gasteiger partial charge is 0.225 e. The summed E-state index contributed by atoms with van der Waals surface area (Å²) in [7, 11) is 0. The molecule has 2 aromatic heterocycles. The highest BCUT2D eigenvalue weighted by Crippen LogP contribution is 2.08. The Hall–Kier alpha value is -2.44. The molecule has 2 N–H and O–H groups in total. The molecule has 0 aliphatic carbocycles. The van der Waals surface area contributed by atoms with Gasteiger partial charge < -0.3 is 10.6 Å². The standard InChI is InChI=1S/C13H15N5O2/c19-12-7-9(8-15-12)13(20)14-5-4-11-17-16-10-3-1-2-6-18(10)11/h1-3,6,9H,4-5,7-8H2,(H,14,20)(H,15,19). The summed E-state index contributed by atoms with van der Waals surface area (Å²) in [5.41, 5.74) is 0.791. The van der Waals surface area contributed by atoms with Crippen molar-refractivity contribution in [2.24, 2.45) is 5.92 Å². The normalized spacial score (nSPS) is 18.2. The Morgan fingerprint density at radius 1 is 1.45 bits per heavy atom. The van der Waals surface area contributed by atoms with Crippen molar-refractivity contribution in [2.75, 3.05) is 13.1 Å². The highest BCUT2D eigenvalue weighted by atomic mass is 16.2. The first-order valence-electron chi connectivity index (χ1n) is 6.57. The van der Waals surface area contributed by atoms with Crippen LogP contribution in [-0.2, 0) is 16.0 Å². The zero-order valence-corrected chi connectivity index (χ0v) is 10.9. The van der Waals surface area contributed by atoms with E-state index in [1.54, 1.807) is 0 Å². The largest absolute Gasteiger partial charge is 0.355 e. The number of fused-ring (bicyclic) bond motifs is 1. The van der Waals surface area contributed by atoms with Crippen LogP contribution in [0.4, 0.5) is 0 Å². The summed E-state index contributed by atoms with van der Waals surface area (Å²) >= 11 is 0. The molecule has 20 heavy (non-hydrogen) atoms. The maximum absolute atomic E-state index is 11.8. The number of carbonyl (C=O) groups excluding carboxylic acids is 2. The minimum atomic E-state index is -0.252. The molecule has 1 unspecified atom stereocenters. The lowest BCUT2D eigenvalue weighted by Crippen LogP contribution is -2.33. The van der Waals surface area contributed by atoms with Crippen molar-refractivity contribution in [3.8, 4) is 0 Å². The van der Waals surface area contributed by atoms with Gasteiger partial charge in [0, 0.05) is 32.1 Å². The third-order valence-electron chi connectivity index (χ3n) is 3.38. The molecule has 104 valence electrons. The molecule has 1 aliphatic rings. The maximum atomic E-state index is 11.8. The average Bonchev–Trinajstić information content (AvgIpc) is 3.06. The van der Waals surface area contributed by atoms with Crippen LogP contribution in [0.15, 0.2) is 24.4 Å². The lowest BCUT2D eigenvalue weighted by Gasteiger charge is -2.08. The molecule has 0 radical (unpaired) electrons. The van der Waals surface area contributed by atoms with Crippen LogP contribution in [0.25, 0.3) is 5.65 Å². The van der Waals surface area contributed by atoms with E-state index in [4.69, 9.17) is 0 Å². The molecule has 2 amide bonds. The number of hydrogen-bond acceptors (Lipinski definition) is 4. The molecule has 0 aromatic carbocycles. The number of amides is 2. The van der Waals surface area contributed by atoms with E-state index < -0.39 is 0 Å². The van der Waals surface area contributed by atoms with E-state index in [-0.39, 0.29) is 24.2 Å². The van der Waals surface area contributed by atoms with Gasteiger partial charge in [0.1, 0.15) is 5.82 Å². The summed E-state index contributed by atoms with van der Waals surface area (Å²) in [6, 6.07) is 5.69. The number of rotatable bonds is 4. The number of nitrogens with zero attached hydrogens (tertiary/aromatic N) is 3. The highest BCUT2D eigenvalue weighted by Gasteiger charge is 2.27. The van der Waals surface area contributed by atoms with E-state index in [1.165, 1.54) is 0 Å². The molecule has 0 saturated carbocycles. The van der Waals surface area contributed by atoms with E-state index in [0.717, 1.165) is 11.5 Å². The molecule has 0 bridgehead atoms. The number of carbonyl (C=O) groups is 2. The first-order valence-corrected chi connectivity index (χ1v) is 6.57. The fraction of sp³-hybridized carbons (Fsp3) is 0.385. The van der Waals surface area contributed by atoms with Gasteiger partial charge in [-0.05, 0) is 12.1 Å². The Morgan fingerprint density at radius 2 is 2.35 bits per heavy atom. The van der Waals surface area contributed by atoms with Crippen molar-refractivity contribution >= 4 is 17.5 Å². The molecule has 0 spiro atoms. The SMILES string of the molecule is O=C1CC(C(=O)NCCc2nnc3ccccn23)CN1. The van der Waals surface area contributed by atoms with Gasteiger partial charge in [0.15, 0.2) is 5.65 Å². The molecule has 1 saturated heterocycles. The predicted molar refractivity (Wildman–Crippen MR) is 70.8 cm³/mol. The number of nitrogens with one attached hydrogen (secondary N) is 2. The minimum Gasteiger partial charge on any atom is -0.355 e. The highest BCUT2D eigenvalue weighted by molar-refractivity contribution is 5.89. The second-order valence-electron chi connectivity index (χ2n) is 4.79. The van der Waals surface area contributed by atoms with Gasteiger partial charge in [-0.15, -0.1) is 10.2 Å². The van der Waals surface area contributed by atoms with Crippen molar-refractivity contribution in [3.63, 3.8) is 0 Å². The molecule has 1 aliphatic heterocycles. The second kappa shape index (κ2) is 5.28. The lowest BCUT2D eigenvalue weighted by atomic mass is 10.1. The van der Waals surface area contributed by atoms with Crippen LogP contribution in [-0.4, -0.2) is 39.5 Å². The van der Waals surface area contributed by atoms with Crippen LogP contribution >= 0.6 is 0 Å². The van der Waals surface area contributed by atoms with Crippen LogP contribution < -0.4 is 10.6 Å². The minimum absolute atomic E-state index is 0.0615. The Balaban J connectivity index is 1.55. The van der Waals surface area contributed by atoms with E-state index in [2.05, 4.69) is 20.8 Å². The van der Waals surface area contributed by atoms with Crippen molar-refractivity contribution in [3.05, 3.63) is 30.2 Å². The second-order valence-corrected chi connectivity index (χ2v) is 4.79. The number of pyridine rings is 1. The van der Waals surface area contributed by atoms with Gasteiger partial charge in [-0.2, -0.15) is 0 Å². The zero-order chi connectivity index (χ0) is 13.9. The van der Waals surface area contributed by atoms with Gasteiger partial charge >= 0.3 is 0 Å². The van der Waals surface area contributed by atoms with E-state index in [0.29, 0.717) is 19.5 Å². The third kappa shape index (κ3) is 2.47. The lowest BCUT2D eigenvalue weighted by molar-refractivity contribution is -0.126. The Labute approximate surface area is 115 Å². The molecule has 7 heteroatoms. The van der Waals surface area contributed by atoms with Gasteiger partial charge in [-0.3, -0.25) is 14.0 Å². The summed E-state index contributed by atoms with van der Waals surface area (Å²) in [5, 5.41) is 13.6. The summed E-state index contributed by atoms with van der Waals surface area (Å²) in [6.45, 7) is 0.914. The fourth-order valence-corrected chi connectivity index (χ4v) is 2.29. The number of hydrogen-bond donors (Lipinski definition) is 2. The molecule has 7 nitrogen and oxygen atoms in total. The van der Waals surface area contributed by atoms with Gasteiger partial charge in [0.05, 0.1) is 5.92 Å². The summed E-state index contributed by atoms with van der Waals surface area (Å²) in [5.74, 6) is 0.407. The first kappa shape index (κ1) is 12.6. The van der Waals surface area contributed by atoms with Gasteiger partial charge in [0.2, 0.25) is 11.8 Å². The third-order valence-corrected chi connectivity index (χ3v) is 3.38. The molecule has 3 rings (SSSR count). The predicted octanol–water partition coefficient (Wildman–Crippen LogP) is -0.476. The summed E-state index contributed by atoms with van der Waals surface area (Å²) in [4.78, 5) is 22.9. The van der Waals surface area contributed by atoms with Crippen LogP contribution in [0.2, 0.25) is 0 Å². The first-order chi connectivity index (χ1) is 9.74. The molecule has 1 fully saturated rings. The average molecular weight is 273 g/mol. The van der Waals surface area contributed by atoms with Crippen molar-refractivity contribution in [2.45, 2.75) is 12.8 Å². The van der Waals surface area contributed by atoms with E-state index in [1.807, 2.05) is 28.8 Å². The topological polar surface area (TPSA) is 88.4 Å². The Morgan fingerprint density at radius 3 is 3.15 bits per heavy atom. The monoisotopic (exact) mass is 273 g/mol. The molecular weight excluding hydrogens is 258 g/mol. The van der Waals surface area contributed by atoms with Crippen molar-refractivity contribution in [1.29, 1.82) is 0 Å².